The predicted molar refractivity (Wildman–Crippen MR) is 82.8 cm³/mol. The van der Waals surface area contributed by atoms with Crippen LogP contribution >= 0.6 is 0 Å². The van der Waals surface area contributed by atoms with Crippen LogP contribution in [0.25, 0.3) is 0 Å². The van der Waals surface area contributed by atoms with Gasteiger partial charge in [0.05, 0.1) is 7.11 Å². The minimum Gasteiger partial charge on any atom is -0.497 e. The topological polar surface area (TPSA) is 21.3 Å². The number of unbranched alkanes of at least 4 members (excludes halogenated alkanes) is 1. The Kier molecular flexibility index (Phi) is 7.99. The van der Waals surface area contributed by atoms with Gasteiger partial charge in [0.15, 0.2) is 0 Å². The van der Waals surface area contributed by atoms with Gasteiger partial charge in [-0.2, -0.15) is 0 Å². The zero-order valence-electron chi connectivity index (χ0n) is 12.3. The number of nitrogens with one attached hydrogen (secondary N) is 1. The van der Waals surface area contributed by atoms with Gasteiger partial charge >= 0.3 is 0 Å². The molecular weight excluding hydrogens is 234 g/mol. The molecule has 1 unspecified atom stereocenters. The van der Waals surface area contributed by atoms with Crippen molar-refractivity contribution in [1.82, 2.24) is 5.32 Å². The van der Waals surface area contributed by atoms with Crippen LogP contribution in [0.4, 0.5) is 0 Å². The number of ether oxygens (including phenoxy) is 1. The van der Waals surface area contributed by atoms with E-state index < -0.39 is 0 Å². The zero-order valence-corrected chi connectivity index (χ0v) is 12.3. The second-order valence-corrected chi connectivity index (χ2v) is 4.92. The lowest BCUT2D eigenvalue weighted by Gasteiger charge is -2.18. The van der Waals surface area contributed by atoms with Crippen molar-refractivity contribution in [2.45, 2.75) is 45.1 Å². The Morgan fingerprint density at radius 1 is 1.32 bits per heavy atom. The minimum atomic E-state index is 0.563. The highest BCUT2D eigenvalue weighted by molar-refractivity contribution is 5.27. The van der Waals surface area contributed by atoms with E-state index in [0.717, 1.165) is 25.1 Å². The Balaban J connectivity index is 2.50. The van der Waals surface area contributed by atoms with Crippen LogP contribution < -0.4 is 10.1 Å². The van der Waals surface area contributed by atoms with E-state index in [1.54, 1.807) is 7.11 Å². The molecule has 0 aromatic heterocycles. The number of hydrogen-bond donors (Lipinski definition) is 1. The van der Waals surface area contributed by atoms with Crippen molar-refractivity contribution in [3.63, 3.8) is 0 Å². The molecule has 0 saturated heterocycles. The van der Waals surface area contributed by atoms with E-state index in [1.165, 1.54) is 24.8 Å². The van der Waals surface area contributed by atoms with Crippen LogP contribution in [0.2, 0.25) is 0 Å². The van der Waals surface area contributed by atoms with E-state index >= 15 is 0 Å². The third-order valence-electron chi connectivity index (χ3n) is 3.29. The Morgan fingerprint density at radius 3 is 2.63 bits per heavy atom. The highest BCUT2D eigenvalue weighted by atomic mass is 16.5. The number of methoxy groups -OCH3 is 1. The van der Waals surface area contributed by atoms with Gasteiger partial charge in [-0.25, -0.2) is 0 Å². The molecule has 1 atom stereocenters. The summed E-state index contributed by atoms with van der Waals surface area (Å²) in [6.45, 7) is 7.09. The molecule has 1 rings (SSSR count). The van der Waals surface area contributed by atoms with Gasteiger partial charge in [0, 0.05) is 6.04 Å². The smallest absolute Gasteiger partial charge is 0.118 e. The first-order chi connectivity index (χ1) is 9.30. The molecule has 0 radical (unpaired) electrons. The van der Waals surface area contributed by atoms with Gasteiger partial charge in [-0.1, -0.05) is 25.1 Å². The van der Waals surface area contributed by atoms with Crippen LogP contribution in [0.3, 0.4) is 0 Å². The third-order valence-corrected chi connectivity index (χ3v) is 3.29. The second kappa shape index (κ2) is 9.62. The van der Waals surface area contributed by atoms with Crippen LogP contribution in [-0.2, 0) is 6.42 Å². The standard InChI is InChI=1S/C17H27NO/c1-4-6-7-8-16(18-13-5-2)14-15-9-11-17(19-3)12-10-15/h4,9-12,16,18H,1,5-8,13-14H2,2-3H3. The lowest BCUT2D eigenvalue weighted by Crippen LogP contribution is -2.31. The maximum atomic E-state index is 5.19. The normalized spacial score (nSPS) is 12.1. The number of benzene rings is 1. The molecule has 0 heterocycles. The fourth-order valence-electron chi connectivity index (χ4n) is 2.18. The van der Waals surface area contributed by atoms with Crippen molar-refractivity contribution in [3.8, 4) is 5.75 Å². The molecular formula is C17H27NO. The highest BCUT2D eigenvalue weighted by Crippen LogP contribution is 2.14. The average Bonchev–Trinajstić information content (AvgIpc) is 2.45. The van der Waals surface area contributed by atoms with E-state index in [-0.39, 0.29) is 0 Å². The Labute approximate surface area is 117 Å². The maximum Gasteiger partial charge on any atom is 0.118 e. The van der Waals surface area contributed by atoms with Crippen molar-refractivity contribution in [1.29, 1.82) is 0 Å². The summed E-state index contributed by atoms with van der Waals surface area (Å²) in [6, 6.07) is 8.96. The van der Waals surface area contributed by atoms with Gasteiger partial charge in [0.2, 0.25) is 0 Å². The summed E-state index contributed by atoms with van der Waals surface area (Å²) < 4.78 is 5.19. The van der Waals surface area contributed by atoms with Gasteiger partial charge in [0.1, 0.15) is 5.75 Å². The average molecular weight is 261 g/mol. The largest absolute Gasteiger partial charge is 0.497 e. The SMILES string of the molecule is C=CCCCC(Cc1ccc(OC)cc1)NCCC. The van der Waals surface area contributed by atoms with E-state index in [0.29, 0.717) is 6.04 Å². The first-order valence-electron chi connectivity index (χ1n) is 7.27. The molecule has 19 heavy (non-hydrogen) atoms. The molecule has 2 nitrogen and oxygen atoms in total. The molecule has 2 heteroatoms. The van der Waals surface area contributed by atoms with Crippen molar-refractivity contribution >= 4 is 0 Å². The van der Waals surface area contributed by atoms with E-state index in [2.05, 4.69) is 31.0 Å². The van der Waals surface area contributed by atoms with E-state index in [4.69, 9.17) is 4.74 Å². The molecule has 1 N–H and O–H groups in total. The Bertz CT molecular complexity index is 345. The van der Waals surface area contributed by atoms with Crippen molar-refractivity contribution in [2.24, 2.45) is 0 Å². The molecule has 1 aromatic rings. The molecule has 0 aliphatic carbocycles. The first kappa shape index (κ1) is 15.8. The first-order valence-corrected chi connectivity index (χ1v) is 7.27. The summed E-state index contributed by atoms with van der Waals surface area (Å²) in [5.41, 5.74) is 1.37. The van der Waals surface area contributed by atoms with Crippen LogP contribution in [0.5, 0.6) is 5.75 Å². The lowest BCUT2D eigenvalue weighted by molar-refractivity contribution is 0.414. The highest BCUT2D eigenvalue weighted by Gasteiger charge is 2.08. The summed E-state index contributed by atoms with van der Waals surface area (Å²) in [5, 5.41) is 3.64. The van der Waals surface area contributed by atoms with Gasteiger partial charge in [-0.15, -0.1) is 6.58 Å². The third kappa shape index (κ3) is 6.44. The summed E-state index contributed by atoms with van der Waals surface area (Å²) >= 11 is 0. The van der Waals surface area contributed by atoms with Crippen molar-refractivity contribution in [2.75, 3.05) is 13.7 Å². The molecule has 0 aliphatic heterocycles. The molecule has 0 fully saturated rings. The lowest BCUT2D eigenvalue weighted by atomic mass is 10.0. The molecule has 0 aliphatic rings. The van der Waals surface area contributed by atoms with Crippen LogP contribution in [0, 0.1) is 0 Å². The van der Waals surface area contributed by atoms with E-state index in [1.807, 2.05) is 18.2 Å². The summed E-state index contributed by atoms with van der Waals surface area (Å²) in [5.74, 6) is 0.925. The van der Waals surface area contributed by atoms with Gasteiger partial charge in [-0.3, -0.25) is 0 Å². The Morgan fingerprint density at radius 2 is 2.05 bits per heavy atom. The number of allylic oxidation sites excluding steroid dienone is 1. The molecule has 0 bridgehead atoms. The molecule has 0 spiro atoms. The van der Waals surface area contributed by atoms with Crippen LogP contribution in [0.15, 0.2) is 36.9 Å². The summed E-state index contributed by atoms with van der Waals surface area (Å²) in [4.78, 5) is 0. The molecule has 1 aromatic carbocycles. The van der Waals surface area contributed by atoms with Crippen molar-refractivity contribution in [3.05, 3.63) is 42.5 Å². The van der Waals surface area contributed by atoms with Crippen molar-refractivity contribution < 1.29 is 4.74 Å². The zero-order chi connectivity index (χ0) is 13.9. The minimum absolute atomic E-state index is 0.563. The van der Waals surface area contributed by atoms with Gasteiger partial charge < -0.3 is 10.1 Å². The molecule has 0 amide bonds. The fraction of sp³-hybridized carbons (Fsp3) is 0.529. The number of rotatable bonds is 10. The summed E-state index contributed by atoms with van der Waals surface area (Å²) in [7, 11) is 1.70. The molecule has 0 saturated carbocycles. The van der Waals surface area contributed by atoms with Crippen LogP contribution in [0.1, 0.15) is 38.2 Å². The fourth-order valence-corrected chi connectivity index (χ4v) is 2.18. The summed E-state index contributed by atoms with van der Waals surface area (Å²) in [6.07, 6.45) is 7.79. The second-order valence-electron chi connectivity index (χ2n) is 4.92. The Hall–Kier alpha value is -1.28. The van der Waals surface area contributed by atoms with Gasteiger partial charge in [0.25, 0.3) is 0 Å². The monoisotopic (exact) mass is 261 g/mol. The number of hydrogen-bond acceptors (Lipinski definition) is 2. The van der Waals surface area contributed by atoms with Gasteiger partial charge in [-0.05, 0) is 56.3 Å². The quantitative estimate of drug-likeness (QED) is 0.508. The maximum absolute atomic E-state index is 5.19. The van der Waals surface area contributed by atoms with Crippen LogP contribution in [-0.4, -0.2) is 19.7 Å². The van der Waals surface area contributed by atoms with E-state index in [9.17, 15) is 0 Å². The predicted octanol–water partition coefficient (Wildman–Crippen LogP) is 3.96. The molecule has 106 valence electrons.